The smallest absolute Gasteiger partial charge is 0.317 e. The Kier molecular flexibility index (Phi) is 6.09. The SMILES string of the molecule is COCC1(C(=O)O)CCN(C(=O)NC(c2ccc(F)cc2F)C(C)(C)C)C1. The van der Waals surface area contributed by atoms with E-state index < -0.39 is 40.5 Å². The van der Waals surface area contributed by atoms with Crippen molar-refractivity contribution >= 4 is 12.0 Å². The second-order valence-corrected chi connectivity index (χ2v) is 8.10. The highest BCUT2D eigenvalue weighted by Gasteiger charge is 2.47. The van der Waals surface area contributed by atoms with Crippen LogP contribution in [0.4, 0.5) is 13.6 Å². The Labute approximate surface area is 157 Å². The largest absolute Gasteiger partial charge is 0.481 e. The second kappa shape index (κ2) is 7.80. The van der Waals surface area contributed by atoms with Gasteiger partial charge in [0.25, 0.3) is 0 Å². The monoisotopic (exact) mass is 384 g/mol. The first kappa shape index (κ1) is 21.1. The quantitative estimate of drug-likeness (QED) is 0.817. The van der Waals surface area contributed by atoms with E-state index >= 15 is 0 Å². The molecule has 1 fully saturated rings. The molecule has 2 N–H and O–H groups in total. The van der Waals surface area contributed by atoms with Gasteiger partial charge in [-0.05, 0) is 17.9 Å². The molecule has 2 atom stereocenters. The van der Waals surface area contributed by atoms with Gasteiger partial charge in [-0.2, -0.15) is 0 Å². The fraction of sp³-hybridized carbons (Fsp3) is 0.579. The zero-order valence-electron chi connectivity index (χ0n) is 16.0. The predicted octanol–water partition coefficient (Wildman–Crippen LogP) is 3.18. The number of likely N-dealkylation sites (tertiary alicyclic amines) is 1. The van der Waals surface area contributed by atoms with E-state index in [1.807, 2.05) is 20.8 Å². The number of carbonyl (C=O) groups excluding carboxylic acids is 1. The summed E-state index contributed by atoms with van der Waals surface area (Å²) in [4.78, 5) is 25.8. The molecule has 8 heteroatoms. The number of urea groups is 1. The lowest BCUT2D eigenvalue weighted by Gasteiger charge is -2.34. The molecule has 2 rings (SSSR count). The van der Waals surface area contributed by atoms with Crippen molar-refractivity contribution in [1.29, 1.82) is 0 Å². The van der Waals surface area contributed by atoms with Crippen molar-refractivity contribution < 1.29 is 28.2 Å². The molecule has 1 aromatic carbocycles. The number of rotatable bonds is 5. The van der Waals surface area contributed by atoms with Crippen LogP contribution in [0.2, 0.25) is 0 Å². The highest BCUT2D eigenvalue weighted by molar-refractivity contribution is 5.80. The molecule has 0 aliphatic carbocycles. The van der Waals surface area contributed by atoms with Crippen molar-refractivity contribution in [2.45, 2.75) is 33.2 Å². The lowest BCUT2D eigenvalue weighted by molar-refractivity contribution is -0.151. The Bertz CT molecular complexity index is 720. The predicted molar refractivity (Wildman–Crippen MR) is 95.2 cm³/mol. The molecule has 150 valence electrons. The van der Waals surface area contributed by atoms with Gasteiger partial charge < -0.3 is 20.1 Å². The van der Waals surface area contributed by atoms with Crippen LogP contribution in [-0.4, -0.2) is 48.8 Å². The maximum atomic E-state index is 14.3. The van der Waals surface area contributed by atoms with Crippen LogP contribution in [-0.2, 0) is 9.53 Å². The van der Waals surface area contributed by atoms with Crippen LogP contribution in [0.25, 0.3) is 0 Å². The zero-order chi connectivity index (χ0) is 20.4. The first-order chi connectivity index (χ1) is 12.5. The van der Waals surface area contributed by atoms with Gasteiger partial charge in [-0.1, -0.05) is 26.8 Å². The summed E-state index contributed by atoms with van der Waals surface area (Å²) in [5, 5.41) is 12.3. The Morgan fingerprint density at radius 2 is 2.04 bits per heavy atom. The number of halogens is 2. The fourth-order valence-corrected chi connectivity index (χ4v) is 3.39. The molecule has 1 heterocycles. The molecule has 1 aliphatic heterocycles. The van der Waals surface area contributed by atoms with E-state index in [0.717, 1.165) is 12.1 Å². The summed E-state index contributed by atoms with van der Waals surface area (Å²) >= 11 is 0. The van der Waals surface area contributed by atoms with Crippen LogP contribution in [0.5, 0.6) is 0 Å². The number of amides is 2. The van der Waals surface area contributed by atoms with Gasteiger partial charge in [0.15, 0.2) is 0 Å². The van der Waals surface area contributed by atoms with E-state index in [0.29, 0.717) is 0 Å². The van der Waals surface area contributed by atoms with Crippen molar-refractivity contribution in [2.75, 3.05) is 26.8 Å². The normalized spacial score (nSPS) is 21.2. The third kappa shape index (κ3) is 4.55. The van der Waals surface area contributed by atoms with Crippen LogP contribution in [0.1, 0.15) is 38.8 Å². The molecule has 0 spiro atoms. The van der Waals surface area contributed by atoms with Crippen LogP contribution in [0.3, 0.4) is 0 Å². The summed E-state index contributed by atoms with van der Waals surface area (Å²) in [5.74, 6) is -2.45. The number of carboxylic acid groups (broad SMARTS) is 1. The molecular formula is C19H26F2N2O4. The zero-order valence-corrected chi connectivity index (χ0v) is 16.0. The maximum Gasteiger partial charge on any atom is 0.317 e. The number of hydrogen-bond acceptors (Lipinski definition) is 3. The van der Waals surface area contributed by atoms with Gasteiger partial charge in [-0.15, -0.1) is 0 Å². The van der Waals surface area contributed by atoms with Gasteiger partial charge in [0.2, 0.25) is 0 Å². The number of benzene rings is 1. The van der Waals surface area contributed by atoms with Gasteiger partial charge in [0, 0.05) is 31.8 Å². The maximum absolute atomic E-state index is 14.3. The first-order valence-corrected chi connectivity index (χ1v) is 8.73. The molecular weight excluding hydrogens is 358 g/mol. The standard InChI is InChI=1S/C19H26F2N2O4/c1-18(2,3)15(13-6-5-12(20)9-14(13)21)22-17(26)23-8-7-19(10-23,11-27-4)16(24)25/h5-6,9,15H,7-8,10-11H2,1-4H3,(H,22,26)(H,24,25). The Morgan fingerprint density at radius 1 is 1.37 bits per heavy atom. The number of hydrogen-bond donors (Lipinski definition) is 2. The van der Waals surface area contributed by atoms with Crippen molar-refractivity contribution in [1.82, 2.24) is 10.2 Å². The molecule has 6 nitrogen and oxygen atoms in total. The van der Waals surface area contributed by atoms with E-state index in [-0.39, 0.29) is 31.7 Å². The molecule has 0 bridgehead atoms. The molecule has 1 aliphatic rings. The third-order valence-electron chi connectivity index (χ3n) is 4.92. The van der Waals surface area contributed by atoms with E-state index in [2.05, 4.69) is 5.32 Å². The number of carboxylic acids is 1. The molecule has 0 radical (unpaired) electrons. The molecule has 1 aromatic rings. The summed E-state index contributed by atoms with van der Waals surface area (Å²) in [6, 6.07) is 2.04. The van der Waals surface area contributed by atoms with Gasteiger partial charge in [-0.25, -0.2) is 13.6 Å². The number of nitrogens with zero attached hydrogens (tertiary/aromatic N) is 1. The number of nitrogens with one attached hydrogen (secondary N) is 1. The minimum Gasteiger partial charge on any atom is -0.481 e. The Balaban J connectivity index is 2.21. The molecule has 0 saturated carbocycles. The van der Waals surface area contributed by atoms with E-state index in [1.54, 1.807) is 0 Å². The van der Waals surface area contributed by atoms with Crippen molar-refractivity contribution in [3.63, 3.8) is 0 Å². The van der Waals surface area contributed by atoms with Gasteiger partial charge >= 0.3 is 12.0 Å². The van der Waals surface area contributed by atoms with E-state index in [9.17, 15) is 23.5 Å². The average molecular weight is 384 g/mol. The van der Waals surface area contributed by atoms with E-state index in [1.165, 1.54) is 18.1 Å². The number of aliphatic carboxylic acids is 1. The van der Waals surface area contributed by atoms with Gasteiger partial charge in [-0.3, -0.25) is 4.79 Å². The number of ether oxygens (including phenoxy) is 1. The molecule has 2 unspecified atom stereocenters. The van der Waals surface area contributed by atoms with E-state index in [4.69, 9.17) is 4.74 Å². The molecule has 0 aromatic heterocycles. The summed E-state index contributed by atoms with van der Waals surface area (Å²) in [6.45, 7) is 5.75. The highest BCUT2D eigenvalue weighted by atomic mass is 19.1. The van der Waals surface area contributed by atoms with Crippen molar-refractivity contribution in [3.05, 3.63) is 35.4 Å². The minimum absolute atomic E-state index is 0.00139. The lowest BCUT2D eigenvalue weighted by Crippen LogP contribution is -2.46. The lowest BCUT2D eigenvalue weighted by atomic mass is 9.82. The highest BCUT2D eigenvalue weighted by Crippen LogP contribution is 2.36. The second-order valence-electron chi connectivity index (χ2n) is 8.10. The number of methoxy groups -OCH3 is 1. The van der Waals surface area contributed by atoms with Crippen LogP contribution in [0.15, 0.2) is 18.2 Å². The topological polar surface area (TPSA) is 78.9 Å². The van der Waals surface area contributed by atoms with Crippen LogP contribution >= 0.6 is 0 Å². The minimum atomic E-state index is -1.15. The summed E-state index contributed by atoms with van der Waals surface area (Å²) < 4.78 is 32.6. The van der Waals surface area contributed by atoms with Crippen LogP contribution < -0.4 is 5.32 Å². The third-order valence-corrected chi connectivity index (χ3v) is 4.92. The Hall–Kier alpha value is -2.22. The average Bonchev–Trinajstić information content (AvgIpc) is 2.98. The fourth-order valence-electron chi connectivity index (χ4n) is 3.39. The van der Waals surface area contributed by atoms with Crippen LogP contribution in [0, 0.1) is 22.5 Å². The molecule has 27 heavy (non-hydrogen) atoms. The summed E-state index contributed by atoms with van der Waals surface area (Å²) in [5.41, 5.74) is -1.52. The molecule has 2 amide bonds. The summed E-state index contributed by atoms with van der Waals surface area (Å²) in [7, 11) is 1.42. The summed E-state index contributed by atoms with van der Waals surface area (Å²) in [6.07, 6.45) is 0.273. The molecule has 1 saturated heterocycles. The van der Waals surface area contributed by atoms with Crippen molar-refractivity contribution in [3.8, 4) is 0 Å². The van der Waals surface area contributed by atoms with Gasteiger partial charge in [0.1, 0.15) is 17.0 Å². The van der Waals surface area contributed by atoms with Crippen molar-refractivity contribution in [2.24, 2.45) is 10.8 Å². The van der Waals surface area contributed by atoms with Gasteiger partial charge in [0.05, 0.1) is 12.6 Å². The first-order valence-electron chi connectivity index (χ1n) is 8.73. The number of carbonyl (C=O) groups is 2. The Morgan fingerprint density at radius 3 is 2.56 bits per heavy atom.